The molecule has 2 amide bonds. The zero-order valence-corrected chi connectivity index (χ0v) is 10.9. The highest BCUT2D eigenvalue weighted by molar-refractivity contribution is 5.83. The van der Waals surface area contributed by atoms with Gasteiger partial charge in [0.25, 0.3) is 0 Å². The molecule has 1 aliphatic rings. The van der Waals surface area contributed by atoms with E-state index in [-0.39, 0.29) is 5.92 Å². The van der Waals surface area contributed by atoms with E-state index < -0.39 is 18.0 Å². The van der Waals surface area contributed by atoms with Crippen molar-refractivity contribution in [3.8, 4) is 0 Å². The number of carboxylic acids is 1. The number of rotatable bonds is 8. The van der Waals surface area contributed by atoms with Crippen LogP contribution < -0.4 is 10.6 Å². The predicted molar refractivity (Wildman–Crippen MR) is 66.3 cm³/mol. The maximum absolute atomic E-state index is 11.4. The van der Waals surface area contributed by atoms with Crippen molar-refractivity contribution in [2.45, 2.75) is 32.7 Å². The molecule has 1 atom stereocenters. The largest absolute Gasteiger partial charge is 0.480 e. The molecule has 0 saturated heterocycles. The van der Waals surface area contributed by atoms with Gasteiger partial charge in [0.2, 0.25) is 0 Å². The van der Waals surface area contributed by atoms with Crippen LogP contribution in [0.5, 0.6) is 0 Å². The first-order valence-corrected chi connectivity index (χ1v) is 6.35. The van der Waals surface area contributed by atoms with Gasteiger partial charge >= 0.3 is 12.0 Å². The first kappa shape index (κ1) is 14.8. The molecule has 1 rings (SSSR count). The lowest BCUT2D eigenvalue weighted by atomic mass is 10.2. The molecule has 0 aromatic rings. The fourth-order valence-corrected chi connectivity index (χ4v) is 1.56. The van der Waals surface area contributed by atoms with Gasteiger partial charge in [-0.1, -0.05) is 13.8 Å². The molecule has 6 heteroatoms. The van der Waals surface area contributed by atoms with Crippen LogP contribution in [0.15, 0.2) is 0 Å². The summed E-state index contributed by atoms with van der Waals surface area (Å²) in [5, 5.41) is 14.0. The van der Waals surface area contributed by atoms with E-state index in [1.807, 2.05) is 13.8 Å². The van der Waals surface area contributed by atoms with Crippen LogP contribution in [0.4, 0.5) is 4.79 Å². The molecule has 1 aliphatic carbocycles. The topological polar surface area (TPSA) is 87.7 Å². The number of carbonyl (C=O) groups excluding carboxylic acids is 1. The molecule has 18 heavy (non-hydrogen) atoms. The Labute approximate surface area is 107 Å². The third kappa shape index (κ3) is 5.86. The van der Waals surface area contributed by atoms with Crippen LogP contribution in [0, 0.1) is 11.8 Å². The fourth-order valence-electron chi connectivity index (χ4n) is 1.56. The molecule has 1 unspecified atom stereocenters. The number of aliphatic carboxylic acids is 1. The van der Waals surface area contributed by atoms with Crippen molar-refractivity contribution in [3.63, 3.8) is 0 Å². The lowest BCUT2D eigenvalue weighted by Gasteiger charge is -2.14. The highest BCUT2D eigenvalue weighted by atomic mass is 16.5. The Morgan fingerprint density at radius 3 is 2.56 bits per heavy atom. The van der Waals surface area contributed by atoms with Gasteiger partial charge in [-0.3, -0.25) is 0 Å². The highest BCUT2D eigenvalue weighted by Gasteiger charge is 2.37. The van der Waals surface area contributed by atoms with Crippen LogP contribution in [-0.2, 0) is 9.53 Å². The summed E-state index contributed by atoms with van der Waals surface area (Å²) < 4.78 is 5.30. The number of ether oxygens (including phenoxy) is 1. The summed E-state index contributed by atoms with van der Waals surface area (Å²) in [5.74, 6) is -0.417. The molecule has 0 radical (unpaired) electrons. The van der Waals surface area contributed by atoms with Crippen molar-refractivity contribution < 1.29 is 19.4 Å². The van der Waals surface area contributed by atoms with E-state index in [1.165, 1.54) is 0 Å². The molecule has 0 aromatic heterocycles. The van der Waals surface area contributed by atoms with E-state index in [0.717, 1.165) is 12.8 Å². The molecule has 0 aliphatic heterocycles. The van der Waals surface area contributed by atoms with Crippen molar-refractivity contribution in [1.82, 2.24) is 10.6 Å². The zero-order valence-electron chi connectivity index (χ0n) is 10.9. The average Bonchev–Trinajstić information content (AvgIpc) is 3.08. The third-order valence-corrected chi connectivity index (χ3v) is 2.63. The molecular weight excluding hydrogens is 236 g/mol. The van der Waals surface area contributed by atoms with E-state index >= 15 is 0 Å². The molecule has 0 heterocycles. The summed E-state index contributed by atoms with van der Waals surface area (Å²) in [6.45, 7) is 5.58. The SMILES string of the molecule is CC(C)COCCNC(=O)NC(C(=O)O)C1CC1. The molecule has 0 bridgehead atoms. The van der Waals surface area contributed by atoms with Crippen LogP contribution in [-0.4, -0.2) is 42.9 Å². The van der Waals surface area contributed by atoms with Gasteiger partial charge in [-0.25, -0.2) is 9.59 Å². The zero-order chi connectivity index (χ0) is 13.5. The molecule has 6 nitrogen and oxygen atoms in total. The Bertz CT molecular complexity index is 290. The molecule has 0 aromatic carbocycles. The summed E-state index contributed by atoms with van der Waals surface area (Å²) in [7, 11) is 0. The summed E-state index contributed by atoms with van der Waals surface area (Å²) in [6.07, 6.45) is 1.74. The number of urea groups is 1. The van der Waals surface area contributed by atoms with E-state index in [0.29, 0.717) is 25.7 Å². The van der Waals surface area contributed by atoms with Crippen molar-refractivity contribution in [2.24, 2.45) is 11.8 Å². The van der Waals surface area contributed by atoms with Crippen LogP contribution in [0.1, 0.15) is 26.7 Å². The maximum atomic E-state index is 11.4. The standard InChI is InChI=1S/C12H22N2O4/c1-8(2)7-18-6-5-13-12(17)14-10(11(15)16)9-3-4-9/h8-10H,3-7H2,1-2H3,(H,15,16)(H2,13,14,17). The van der Waals surface area contributed by atoms with Crippen molar-refractivity contribution in [1.29, 1.82) is 0 Å². The van der Waals surface area contributed by atoms with Crippen molar-refractivity contribution in [2.75, 3.05) is 19.8 Å². The van der Waals surface area contributed by atoms with E-state index in [1.54, 1.807) is 0 Å². The van der Waals surface area contributed by atoms with Crippen molar-refractivity contribution in [3.05, 3.63) is 0 Å². The van der Waals surface area contributed by atoms with Gasteiger partial charge < -0.3 is 20.5 Å². The smallest absolute Gasteiger partial charge is 0.326 e. The van der Waals surface area contributed by atoms with Gasteiger partial charge in [0.05, 0.1) is 6.61 Å². The van der Waals surface area contributed by atoms with Crippen LogP contribution >= 0.6 is 0 Å². The van der Waals surface area contributed by atoms with Gasteiger partial charge in [-0.2, -0.15) is 0 Å². The minimum Gasteiger partial charge on any atom is -0.480 e. The average molecular weight is 258 g/mol. The Hall–Kier alpha value is -1.30. The summed E-state index contributed by atoms with van der Waals surface area (Å²) in [6, 6.07) is -1.20. The number of nitrogens with one attached hydrogen (secondary N) is 2. The quantitative estimate of drug-likeness (QED) is 0.562. The minimum absolute atomic E-state index is 0.0884. The van der Waals surface area contributed by atoms with E-state index in [9.17, 15) is 9.59 Å². The van der Waals surface area contributed by atoms with E-state index in [2.05, 4.69) is 10.6 Å². The third-order valence-electron chi connectivity index (χ3n) is 2.63. The molecule has 3 N–H and O–H groups in total. The molecule has 104 valence electrons. The monoisotopic (exact) mass is 258 g/mol. The second-order valence-corrected chi connectivity index (χ2v) is 5.02. The van der Waals surface area contributed by atoms with Gasteiger partial charge in [0, 0.05) is 13.2 Å². The Morgan fingerprint density at radius 2 is 2.06 bits per heavy atom. The highest BCUT2D eigenvalue weighted by Crippen LogP contribution is 2.32. The second kappa shape index (κ2) is 7.20. The van der Waals surface area contributed by atoms with Gasteiger partial charge in [0.15, 0.2) is 0 Å². The maximum Gasteiger partial charge on any atom is 0.326 e. The van der Waals surface area contributed by atoms with Gasteiger partial charge in [0.1, 0.15) is 6.04 Å². The van der Waals surface area contributed by atoms with Crippen LogP contribution in [0.3, 0.4) is 0 Å². The molecule has 0 spiro atoms. The lowest BCUT2D eigenvalue weighted by molar-refractivity contribution is -0.139. The predicted octanol–water partition coefficient (Wildman–Crippen LogP) is 0.821. The normalized spacial score (nSPS) is 16.4. The van der Waals surface area contributed by atoms with Gasteiger partial charge in [-0.05, 0) is 24.7 Å². The lowest BCUT2D eigenvalue weighted by Crippen LogP contribution is -2.47. The Morgan fingerprint density at radius 1 is 1.39 bits per heavy atom. The van der Waals surface area contributed by atoms with Crippen molar-refractivity contribution >= 4 is 12.0 Å². The summed E-state index contributed by atoms with van der Waals surface area (Å²) in [4.78, 5) is 22.3. The first-order valence-electron chi connectivity index (χ1n) is 6.35. The molecule has 1 saturated carbocycles. The van der Waals surface area contributed by atoms with Crippen LogP contribution in [0.2, 0.25) is 0 Å². The Balaban J connectivity index is 2.10. The van der Waals surface area contributed by atoms with E-state index in [4.69, 9.17) is 9.84 Å². The number of amides is 2. The van der Waals surface area contributed by atoms with Gasteiger partial charge in [-0.15, -0.1) is 0 Å². The fraction of sp³-hybridized carbons (Fsp3) is 0.833. The summed E-state index contributed by atoms with van der Waals surface area (Å²) in [5.41, 5.74) is 0. The summed E-state index contributed by atoms with van der Waals surface area (Å²) >= 11 is 0. The minimum atomic E-state index is -0.969. The number of hydrogen-bond acceptors (Lipinski definition) is 3. The van der Waals surface area contributed by atoms with Crippen LogP contribution in [0.25, 0.3) is 0 Å². The number of hydrogen-bond donors (Lipinski definition) is 3. The second-order valence-electron chi connectivity index (χ2n) is 5.02. The first-order chi connectivity index (χ1) is 8.50. The number of carboxylic acid groups (broad SMARTS) is 1. The molecular formula is C12H22N2O4. The molecule has 1 fully saturated rings. The Kier molecular flexibility index (Phi) is 5.91. The number of carbonyl (C=O) groups is 2.